The normalized spacial score (nSPS) is 24.0. The van der Waals surface area contributed by atoms with Gasteiger partial charge in [0.1, 0.15) is 5.82 Å². The van der Waals surface area contributed by atoms with Gasteiger partial charge in [-0.1, -0.05) is 31.9 Å². The fourth-order valence-corrected chi connectivity index (χ4v) is 3.13. The first-order chi connectivity index (χ1) is 9.63. The summed E-state index contributed by atoms with van der Waals surface area (Å²) in [6, 6.07) is 5.67. The third kappa shape index (κ3) is 3.94. The molecule has 1 aromatic rings. The number of rotatable bonds is 5. The molecule has 0 spiro atoms. The predicted molar refractivity (Wildman–Crippen MR) is 82.6 cm³/mol. The number of halogens is 2. The van der Waals surface area contributed by atoms with E-state index in [0.29, 0.717) is 17.1 Å². The zero-order valence-corrected chi connectivity index (χ0v) is 13.1. The minimum absolute atomic E-state index is 0.210. The van der Waals surface area contributed by atoms with Gasteiger partial charge in [-0.05, 0) is 36.6 Å². The minimum atomic E-state index is -0.210. The summed E-state index contributed by atoms with van der Waals surface area (Å²) in [5.74, 6) is -0.210. The molecule has 0 radical (unpaired) electrons. The molecular formula is C16H24ClFN2. The van der Waals surface area contributed by atoms with Gasteiger partial charge in [-0.15, -0.1) is 0 Å². The van der Waals surface area contributed by atoms with Gasteiger partial charge in [-0.25, -0.2) is 4.39 Å². The largest absolute Gasteiger partial charge is 0.311 e. The van der Waals surface area contributed by atoms with E-state index < -0.39 is 0 Å². The molecular weight excluding hydrogens is 275 g/mol. The number of nitrogens with zero attached hydrogens (tertiary/aromatic N) is 1. The maximum absolute atomic E-state index is 13.4. The lowest BCUT2D eigenvalue weighted by Gasteiger charge is -2.40. The van der Waals surface area contributed by atoms with Crippen molar-refractivity contribution in [1.29, 1.82) is 0 Å². The molecule has 1 aliphatic rings. The maximum Gasteiger partial charge on any atom is 0.123 e. The Kier molecular flexibility index (Phi) is 5.82. The minimum Gasteiger partial charge on any atom is -0.311 e. The van der Waals surface area contributed by atoms with Gasteiger partial charge in [-0.3, -0.25) is 4.90 Å². The van der Waals surface area contributed by atoms with Crippen molar-refractivity contribution in [3.8, 4) is 0 Å². The Morgan fingerprint density at radius 2 is 2.20 bits per heavy atom. The molecule has 0 aliphatic carbocycles. The van der Waals surface area contributed by atoms with E-state index in [4.69, 9.17) is 11.6 Å². The van der Waals surface area contributed by atoms with Gasteiger partial charge in [0.15, 0.2) is 0 Å². The summed E-state index contributed by atoms with van der Waals surface area (Å²) in [6.45, 7) is 7.17. The van der Waals surface area contributed by atoms with Crippen LogP contribution in [0.4, 0.5) is 4.39 Å². The topological polar surface area (TPSA) is 15.3 Å². The standard InChI is InChI=1S/C16H24ClFN2/c1-3-5-14-11-20(15(4-2)9-19-14)10-12-8-13(18)6-7-16(12)17/h6-8,14-15,19H,3-5,9-11H2,1-2H3. The van der Waals surface area contributed by atoms with Crippen molar-refractivity contribution in [2.45, 2.75) is 51.7 Å². The molecule has 2 nitrogen and oxygen atoms in total. The molecule has 2 atom stereocenters. The summed E-state index contributed by atoms with van der Waals surface area (Å²) in [7, 11) is 0. The van der Waals surface area contributed by atoms with Gasteiger partial charge >= 0.3 is 0 Å². The second kappa shape index (κ2) is 7.39. The van der Waals surface area contributed by atoms with Gasteiger partial charge in [0.05, 0.1) is 0 Å². The first-order valence-corrected chi connectivity index (χ1v) is 7.93. The zero-order chi connectivity index (χ0) is 14.5. The number of nitrogens with one attached hydrogen (secondary N) is 1. The molecule has 1 aliphatic heterocycles. The van der Waals surface area contributed by atoms with Crippen LogP contribution in [0.15, 0.2) is 18.2 Å². The van der Waals surface area contributed by atoms with Gasteiger partial charge < -0.3 is 5.32 Å². The second-order valence-corrected chi connectivity index (χ2v) is 6.03. The summed E-state index contributed by atoms with van der Waals surface area (Å²) in [4.78, 5) is 2.44. The fraction of sp³-hybridized carbons (Fsp3) is 0.625. The summed E-state index contributed by atoms with van der Waals surface area (Å²) < 4.78 is 13.4. The molecule has 0 bridgehead atoms. The molecule has 0 aromatic heterocycles. The quantitative estimate of drug-likeness (QED) is 0.889. The van der Waals surface area contributed by atoms with Gasteiger partial charge in [0.2, 0.25) is 0 Å². The molecule has 1 aromatic carbocycles. The molecule has 0 amide bonds. The van der Waals surface area contributed by atoms with E-state index in [1.54, 1.807) is 12.1 Å². The van der Waals surface area contributed by atoms with E-state index in [1.165, 1.54) is 18.9 Å². The van der Waals surface area contributed by atoms with Crippen LogP contribution < -0.4 is 5.32 Å². The fourth-order valence-electron chi connectivity index (χ4n) is 2.95. The van der Waals surface area contributed by atoms with Crippen LogP contribution >= 0.6 is 11.6 Å². The van der Waals surface area contributed by atoms with Crippen LogP contribution in [0.2, 0.25) is 5.02 Å². The van der Waals surface area contributed by atoms with Crippen molar-refractivity contribution in [3.63, 3.8) is 0 Å². The van der Waals surface area contributed by atoms with E-state index in [1.807, 2.05) is 0 Å². The van der Waals surface area contributed by atoms with E-state index in [2.05, 4.69) is 24.1 Å². The van der Waals surface area contributed by atoms with Crippen LogP contribution in [0.5, 0.6) is 0 Å². The highest BCUT2D eigenvalue weighted by Gasteiger charge is 2.26. The van der Waals surface area contributed by atoms with E-state index in [0.717, 1.165) is 31.6 Å². The third-order valence-electron chi connectivity index (χ3n) is 4.10. The van der Waals surface area contributed by atoms with E-state index >= 15 is 0 Å². The van der Waals surface area contributed by atoms with Gasteiger partial charge in [0, 0.05) is 36.7 Å². The Hall–Kier alpha value is -0.640. The first kappa shape index (κ1) is 15.7. The van der Waals surface area contributed by atoms with E-state index in [9.17, 15) is 4.39 Å². The molecule has 2 rings (SSSR count). The van der Waals surface area contributed by atoms with Gasteiger partial charge in [-0.2, -0.15) is 0 Å². The molecule has 1 saturated heterocycles. The molecule has 0 saturated carbocycles. The van der Waals surface area contributed by atoms with E-state index in [-0.39, 0.29) is 5.82 Å². The molecule has 2 unspecified atom stereocenters. The Bertz CT molecular complexity index is 438. The number of benzene rings is 1. The highest BCUT2D eigenvalue weighted by Crippen LogP contribution is 2.22. The van der Waals surface area contributed by atoms with Gasteiger partial charge in [0.25, 0.3) is 0 Å². The Balaban J connectivity index is 2.09. The predicted octanol–water partition coefficient (Wildman–Crippen LogP) is 3.83. The molecule has 112 valence electrons. The van der Waals surface area contributed by atoms with Crippen molar-refractivity contribution in [1.82, 2.24) is 10.2 Å². The SMILES string of the molecule is CCCC1CN(Cc2cc(F)ccc2Cl)C(CC)CN1. The summed E-state index contributed by atoms with van der Waals surface area (Å²) >= 11 is 6.19. The first-order valence-electron chi connectivity index (χ1n) is 7.55. The van der Waals surface area contributed by atoms with Crippen LogP contribution in [0.1, 0.15) is 38.7 Å². The summed E-state index contributed by atoms with van der Waals surface area (Å²) in [5.41, 5.74) is 0.891. The molecule has 1 heterocycles. The number of hydrogen-bond acceptors (Lipinski definition) is 2. The molecule has 20 heavy (non-hydrogen) atoms. The van der Waals surface area contributed by atoms with Crippen molar-refractivity contribution in [2.24, 2.45) is 0 Å². The van der Waals surface area contributed by atoms with Crippen LogP contribution in [0, 0.1) is 5.82 Å². The summed E-state index contributed by atoms with van der Waals surface area (Å²) in [6.07, 6.45) is 3.46. The maximum atomic E-state index is 13.4. The lowest BCUT2D eigenvalue weighted by Crippen LogP contribution is -2.55. The number of piperazine rings is 1. The summed E-state index contributed by atoms with van der Waals surface area (Å²) in [5, 5.41) is 4.27. The molecule has 4 heteroatoms. The number of hydrogen-bond donors (Lipinski definition) is 1. The molecule has 1 N–H and O–H groups in total. The van der Waals surface area contributed by atoms with Crippen LogP contribution in [-0.4, -0.2) is 30.1 Å². The Morgan fingerprint density at radius 3 is 2.90 bits per heavy atom. The Morgan fingerprint density at radius 1 is 1.40 bits per heavy atom. The lowest BCUT2D eigenvalue weighted by molar-refractivity contribution is 0.115. The highest BCUT2D eigenvalue weighted by molar-refractivity contribution is 6.31. The average molecular weight is 299 g/mol. The van der Waals surface area contributed by atoms with Crippen LogP contribution in [0.3, 0.4) is 0 Å². The van der Waals surface area contributed by atoms with Crippen molar-refractivity contribution in [2.75, 3.05) is 13.1 Å². The average Bonchev–Trinajstić information content (AvgIpc) is 2.44. The highest BCUT2D eigenvalue weighted by atomic mass is 35.5. The monoisotopic (exact) mass is 298 g/mol. The lowest BCUT2D eigenvalue weighted by atomic mass is 10.0. The van der Waals surface area contributed by atoms with Crippen LogP contribution in [-0.2, 0) is 6.54 Å². The third-order valence-corrected chi connectivity index (χ3v) is 4.47. The van der Waals surface area contributed by atoms with Crippen molar-refractivity contribution in [3.05, 3.63) is 34.6 Å². The van der Waals surface area contributed by atoms with Crippen molar-refractivity contribution < 1.29 is 4.39 Å². The van der Waals surface area contributed by atoms with Crippen LogP contribution in [0.25, 0.3) is 0 Å². The Labute approximate surface area is 126 Å². The second-order valence-electron chi connectivity index (χ2n) is 5.62. The van der Waals surface area contributed by atoms with Crippen molar-refractivity contribution >= 4 is 11.6 Å². The molecule has 1 fully saturated rings. The smallest absolute Gasteiger partial charge is 0.123 e. The zero-order valence-electron chi connectivity index (χ0n) is 12.3.